The fourth-order valence-corrected chi connectivity index (χ4v) is 2.19. The van der Waals surface area contributed by atoms with Crippen molar-refractivity contribution in [2.75, 3.05) is 39.9 Å². The van der Waals surface area contributed by atoms with Crippen molar-refractivity contribution < 1.29 is 4.74 Å². The maximum absolute atomic E-state index is 5.42. The third-order valence-electron chi connectivity index (χ3n) is 3.06. The van der Waals surface area contributed by atoms with Crippen molar-refractivity contribution >= 4 is 0 Å². The zero-order chi connectivity index (χ0) is 11.3. The standard InChI is InChI=1S/C12H26N2O/c1-5-13-9-12(2,3)10-14(4)11-6-7-15-8-11/h11,13H,5-10H2,1-4H3. The van der Waals surface area contributed by atoms with Crippen LogP contribution in [0.4, 0.5) is 0 Å². The Morgan fingerprint density at radius 1 is 1.47 bits per heavy atom. The summed E-state index contributed by atoms with van der Waals surface area (Å²) < 4.78 is 5.42. The van der Waals surface area contributed by atoms with Gasteiger partial charge in [0.05, 0.1) is 6.61 Å². The van der Waals surface area contributed by atoms with E-state index in [1.54, 1.807) is 0 Å². The van der Waals surface area contributed by atoms with Gasteiger partial charge in [0.25, 0.3) is 0 Å². The molecule has 0 amide bonds. The van der Waals surface area contributed by atoms with E-state index in [1.165, 1.54) is 6.42 Å². The summed E-state index contributed by atoms with van der Waals surface area (Å²) in [5.41, 5.74) is 0.341. The average Bonchev–Trinajstić information content (AvgIpc) is 2.67. The van der Waals surface area contributed by atoms with E-state index >= 15 is 0 Å². The Morgan fingerprint density at radius 3 is 2.73 bits per heavy atom. The first-order valence-corrected chi connectivity index (χ1v) is 6.04. The van der Waals surface area contributed by atoms with Crippen molar-refractivity contribution in [3.63, 3.8) is 0 Å². The van der Waals surface area contributed by atoms with E-state index in [1.807, 2.05) is 0 Å². The Labute approximate surface area is 94.2 Å². The molecule has 0 bridgehead atoms. The molecule has 1 heterocycles. The van der Waals surface area contributed by atoms with E-state index in [4.69, 9.17) is 4.74 Å². The first-order valence-electron chi connectivity index (χ1n) is 6.04. The normalized spacial score (nSPS) is 22.6. The van der Waals surface area contributed by atoms with Crippen LogP contribution in [0.25, 0.3) is 0 Å². The Hall–Kier alpha value is -0.120. The summed E-state index contributed by atoms with van der Waals surface area (Å²) in [5.74, 6) is 0. The molecule has 3 nitrogen and oxygen atoms in total. The molecule has 0 spiro atoms. The summed E-state index contributed by atoms with van der Waals surface area (Å²) in [7, 11) is 2.22. The van der Waals surface area contributed by atoms with Crippen molar-refractivity contribution in [3.8, 4) is 0 Å². The van der Waals surface area contributed by atoms with Gasteiger partial charge in [-0.3, -0.25) is 0 Å². The summed E-state index contributed by atoms with van der Waals surface area (Å²) in [6, 6.07) is 0.630. The quantitative estimate of drug-likeness (QED) is 0.722. The Bertz CT molecular complexity index is 176. The van der Waals surface area contributed by atoms with Gasteiger partial charge in [-0.1, -0.05) is 20.8 Å². The van der Waals surface area contributed by atoms with Crippen LogP contribution in [0.15, 0.2) is 0 Å². The molecular weight excluding hydrogens is 188 g/mol. The third-order valence-corrected chi connectivity index (χ3v) is 3.06. The zero-order valence-corrected chi connectivity index (χ0v) is 10.7. The Balaban J connectivity index is 2.30. The highest BCUT2D eigenvalue weighted by atomic mass is 16.5. The smallest absolute Gasteiger partial charge is 0.0622 e. The first kappa shape index (κ1) is 12.9. The van der Waals surface area contributed by atoms with Crippen LogP contribution in [0.5, 0.6) is 0 Å². The molecule has 3 heteroatoms. The van der Waals surface area contributed by atoms with Crippen LogP contribution in [0.2, 0.25) is 0 Å². The van der Waals surface area contributed by atoms with Gasteiger partial charge in [-0.15, -0.1) is 0 Å². The summed E-state index contributed by atoms with van der Waals surface area (Å²) in [6.07, 6.45) is 1.19. The predicted molar refractivity (Wildman–Crippen MR) is 64.2 cm³/mol. The molecule has 1 atom stereocenters. The topological polar surface area (TPSA) is 24.5 Å². The highest BCUT2D eigenvalue weighted by Gasteiger charge is 2.26. The van der Waals surface area contributed by atoms with Crippen LogP contribution in [-0.4, -0.2) is 50.8 Å². The van der Waals surface area contributed by atoms with E-state index in [0.717, 1.165) is 32.8 Å². The van der Waals surface area contributed by atoms with Crippen molar-refractivity contribution in [2.45, 2.75) is 33.2 Å². The lowest BCUT2D eigenvalue weighted by Crippen LogP contribution is -2.43. The highest BCUT2D eigenvalue weighted by molar-refractivity contribution is 4.80. The Morgan fingerprint density at radius 2 is 2.20 bits per heavy atom. The minimum absolute atomic E-state index is 0.341. The molecule has 1 saturated heterocycles. The summed E-state index contributed by atoms with van der Waals surface area (Å²) in [5, 5.41) is 3.43. The van der Waals surface area contributed by atoms with E-state index < -0.39 is 0 Å². The van der Waals surface area contributed by atoms with Gasteiger partial charge in [0.15, 0.2) is 0 Å². The lowest BCUT2D eigenvalue weighted by molar-refractivity contribution is 0.129. The number of rotatable bonds is 6. The van der Waals surface area contributed by atoms with Crippen LogP contribution in [-0.2, 0) is 4.74 Å². The maximum atomic E-state index is 5.42. The molecular formula is C12H26N2O. The zero-order valence-electron chi connectivity index (χ0n) is 10.7. The van der Waals surface area contributed by atoms with E-state index in [9.17, 15) is 0 Å². The second-order valence-corrected chi connectivity index (χ2v) is 5.38. The number of hydrogen-bond donors (Lipinski definition) is 1. The van der Waals surface area contributed by atoms with Gasteiger partial charge < -0.3 is 15.0 Å². The predicted octanol–water partition coefficient (Wildman–Crippen LogP) is 1.34. The molecule has 90 valence electrons. The molecule has 0 aliphatic carbocycles. The second kappa shape index (κ2) is 5.83. The van der Waals surface area contributed by atoms with E-state index in [2.05, 4.69) is 38.0 Å². The lowest BCUT2D eigenvalue weighted by atomic mass is 9.92. The largest absolute Gasteiger partial charge is 0.380 e. The van der Waals surface area contributed by atoms with E-state index in [-0.39, 0.29) is 0 Å². The molecule has 1 N–H and O–H groups in total. The van der Waals surface area contributed by atoms with Crippen LogP contribution in [0, 0.1) is 5.41 Å². The van der Waals surface area contributed by atoms with Gasteiger partial charge in [-0.25, -0.2) is 0 Å². The fourth-order valence-electron chi connectivity index (χ4n) is 2.19. The fraction of sp³-hybridized carbons (Fsp3) is 1.00. The molecule has 0 aromatic carbocycles. The number of ether oxygens (including phenoxy) is 1. The number of likely N-dealkylation sites (N-methyl/N-ethyl adjacent to an activating group) is 1. The Kier molecular flexibility index (Phi) is 5.03. The van der Waals surface area contributed by atoms with Crippen molar-refractivity contribution in [1.82, 2.24) is 10.2 Å². The lowest BCUT2D eigenvalue weighted by Gasteiger charge is -2.33. The molecule has 0 aromatic heterocycles. The monoisotopic (exact) mass is 214 g/mol. The molecule has 1 unspecified atom stereocenters. The molecule has 1 rings (SSSR count). The van der Waals surface area contributed by atoms with Gasteiger partial charge >= 0.3 is 0 Å². The van der Waals surface area contributed by atoms with Gasteiger partial charge in [0, 0.05) is 25.7 Å². The van der Waals surface area contributed by atoms with E-state index in [0.29, 0.717) is 11.5 Å². The number of nitrogens with zero attached hydrogens (tertiary/aromatic N) is 1. The summed E-state index contributed by atoms with van der Waals surface area (Å²) in [4.78, 5) is 2.45. The summed E-state index contributed by atoms with van der Waals surface area (Å²) in [6.45, 7) is 11.9. The minimum atomic E-state index is 0.341. The van der Waals surface area contributed by atoms with Crippen LogP contribution < -0.4 is 5.32 Å². The molecule has 1 fully saturated rings. The molecule has 15 heavy (non-hydrogen) atoms. The van der Waals surface area contributed by atoms with Gasteiger partial charge in [-0.2, -0.15) is 0 Å². The molecule has 0 aromatic rings. The molecule has 0 radical (unpaired) electrons. The van der Waals surface area contributed by atoms with Crippen LogP contribution in [0.3, 0.4) is 0 Å². The van der Waals surface area contributed by atoms with Crippen molar-refractivity contribution in [1.29, 1.82) is 0 Å². The number of nitrogens with one attached hydrogen (secondary N) is 1. The maximum Gasteiger partial charge on any atom is 0.0622 e. The van der Waals surface area contributed by atoms with Gasteiger partial charge in [-0.05, 0) is 25.4 Å². The van der Waals surface area contributed by atoms with Crippen molar-refractivity contribution in [2.24, 2.45) is 5.41 Å². The highest BCUT2D eigenvalue weighted by Crippen LogP contribution is 2.19. The second-order valence-electron chi connectivity index (χ2n) is 5.38. The van der Waals surface area contributed by atoms with Crippen LogP contribution >= 0.6 is 0 Å². The van der Waals surface area contributed by atoms with Gasteiger partial charge in [0.2, 0.25) is 0 Å². The number of hydrogen-bond acceptors (Lipinski definition) is 3. The average molecular weight is 214 g/mol. The minimum Gasteiger partial charge on any atom is -0.380 e. The summed E-state index contributed by atoms with van der Waals surface area (Å²) >= 11 is 0. The third kappa shape index (κ3) is 4.49. The SMILES string of the molecule is CCNCC(C)(C)CN(C)C1CCOC1. The molecule has 0 saturated carbocycles. The van der Waals surface area contributed by atoms with Crippen LogP contribution in [0.1, 0.15) is 27.2 Å². The molecule has 1 aliphatic rings. The molecule has 1 aliphatic heterocycles. The first-order chi connectivity index (χ1) is 7.05. The van der Waals surface area contributed by atoms with Gasteiger partial charge in [0.1, 0.15) is 0 Å². The van der Waals surface area contributed by atoms with Crippen molar-refractivity contribution in [3.05, 3.63) is 0 Å².